The Hall–Kier alpha value is -1.61. The number of esters is 1. The Labute approximate surface area is 219 Å². The molecular formula is C28H43NO6S. The van der Waals surface area contributed by atoms with Crippen molar-refractivity contribution in [2.24, 2.45) is 17.3 Å². The number of nitrogens with zero attached hydrogens (tertiary/aromatic N) is 1. The van der Waals surface area contributed by atoms with E-state index in [1.807, 2.05) is 32.2 Å². The number of carbonyl (C=O) groups excluding carboxylic acids is 2. The molecule has 0 amide bonds. The zero-order valence-corrected chi connectivity index (χ0v) is 23.6. The first-order chi connectivity index (χ1) is 16.8. The van der Waals surface area contributed by atoms with Gasteiger partial charge in [0, 0.05) is 17.7 Å². The van der Waals surface area contributed by atoms with Crippen LogP contribution in [0.15, 0.2) is 11.0 Å². The van der Waals surface area contributed by atoms with Crippen molar-refractivity contribution in [1.82, 2.24) is 4.98 Å². The van der Waals surface area contributed by atoms with E-state index in [4.69, 9.17) is 9.47 Å². The van der Waals surface area contributed by atoms with E-state index < -0.39 is 35.6 Å². The van der Waals surface area contributed by atoms with Crippen LogP contribution >= 0.6 is 11.3 Å². The van der Waals surface area contributed by atoms with Gasteiger partial charge in [-0.3, -0.25) is 9.59 Å². The third-order valence-corrected chi connectivity index (χ3v) is 9.08. The molecule has 0 aliphatic carbocycles. The molecule has 3 rings (SSSR count). The maximum absolute atomic E-state index is 13.2. The summed E-state index contributed by atoms with van der Waals surface area (Å²) in [5.41, 5.74) is 0.125. The van der Waals surface area contributed by atoms with E-state index >= 15 is 0 Å². The molecule has 0 aromatic carbocycles. The average Bonchev–Trinajstić information content (AvgIpc) is 3.35. The van der Waals surface area contributed by atoms with Crippen LogP contribution in [-0.4, -0.2) is 57.0 Å². The molecule has 2 N–H and O–H groups in total. The number of aliphatic hydroxyl groups excluding tert-OH is 2. The normalized spacial score (nSPS) is 36.8. The van der Waals surface area contributed by atoms with E-state index in [-0.39, 0.29) is 29.8 Å². The Bertz CT molecular complexity index is 971. The van der Waals surface area contributed by atoms with Crippen LogP contribution in [0.25, 0.3) is 6.08 Å². The summed E-state index contributed by atoms with van der Waals surface area (Å²) in [4.78, 5) is 30.8. The highest BCUT2D eigenvalue weighted by Crippen LogP contribution is 2.48. The van der Waals surface area contributed by atoms with Crippen LogP contribution in [-0.2, 0) is 19.1 Å². The molecule has 202 valence electrons. The number of Topliss-reactive ketones (excluding diaryl/α,β-unsaturated/α-hetero) is 1. The molecule has 0 saturated carbocycles. The number of cyclic esters (lactones) is 1. The number of fused-ring (bicyclic) bond motifs is 1. The summed E-state index contributed by atoms with van der Waals surface area (Å²) in [6.07, 6.45) is 2.96. The highest BCUT2D eigenvalue weighted by molar-refractivity contribution is 7.09. The summed E-state index contributed by atoms with van der Waals surface area (Å²) in [5, 5.41) is 24.7. The van der Waals surface area contributed by atoms with Gasteiger partial charge in [-0.15, -0.1) is 11.3 Å². The average molecular weight is 522 g/mol. The lowest BCUT2D eigenvalue weighted by Crippen LogP contribution is -2.45. The number of aryl methyl sites for hydroxylation is 1. The minimum atomic E-state index is -1.23. The first-order valence-electron chi connectivity index (χ1n) is 13.2. The van der Waals surface area contributed by atoms with Crippen LogP contribution in [0.1, 0.15) is 90.8 Å². The molecule has 7 nitrogen and oxygen atoms in total. The van der Waals surface area contributed by atoms with Crippen molar-refractivity contribution in [3.63, 3.8) is 0 Å². The Balaban J connectivity index is 1.89. The standard InChI is InChI=1S/C28H43NO6S/c1-8-28-14-21(17(3)12-20-15-36-19(5)29-20)34-24(31)13-22(30)27(6,7)26(33)18(4)25(32)16(2)10-9-11-23(28)35-28/h12,15-16,18,21-23,25,30,32H,8-11,13-14H2,1-7H3/t16-,18+,21-,22-,23-,25-,28+/m0/s1. The van der Waals surface area contributed by atoms with Gasteiger partial charge in [-0.25, -0.2) is 4.98 Å². The third-order valence-electron chi connectivity index (χ3n) is 8.29. The fourth-order valence-corrected chi connectivity index (χ4v) is 5.97. The summed E-state index contributed by atoms with van der Waals surface area (Å²) < 4.78 is 12.2. The van der Waals surface area contributed by atoms with Gasteiger partial charge in [0.15, 0.2) is 0 Å². The van der Waals surface area contributed by atoms with E-state index in [1.54, 1.807) is 32.1 Å². The minimum absolute atomic E-state index is 0.0657. The Morgan fingerprint density at radius 2 is 1.94 bits per heavy atom. The van der Waals surface area contributed by atoms with Crippen molar-refractivity contribution < 1.29 is 29.3 Å². The molecular weight excluding hydrogens is 478 g/mol. The molecule has 8 heteroatoms. The number of rotatable bonds is 3. The van der Waals surface area contributed by atoms with Crippen LogP contribution < -0.4 is 0 Å². The van der Waals surface area contributed by atoms with Crippen LogP contribution in [0.2, 0.25) is 0 Å². The summed E-state index contributed by atoms with van der Waals surface area (Å²) in [6, 6.07) is 0. The van der Waals surface area contributed by atoms with Crippen LogP contribution in [0, 0.1) is 24.2 Å². The number of ether oxygens (including phenoxy) is 2. The van der Waals surface area contributed by atoms with Crippen molar-refractivity contribution in [1.29, 1.82) is 0 Å². The maximum Gasteiger partial charge on any atom is 0.309 e. The summed E-state index contributed by atoms with van der Waals surface area (Å²) in [6.45, 7) is 12.9. The zero-order chi connectivity index (χ0) is 26.8. The van der Waals surface area contributed by atoms with Crippen molar-refractivity contribution in [2.75, 3.05) is 0 Å². The van der Waals surface area contributed by atoms with Crippen molar-refractivity contribution in [2.45, 2.75) is 117 Å². The number of ketones is 1. The lowest BCUT2D eigenvalue weighted by molar-refractivity contribution is -0.154. The van der Waals surface area contributed by atoms with Crippen LogP contribution in [0.5, 0.6) is 0 Å². The maximum atomic E-state index is 13.2. The molecule has 0 spiro atoms. The number of carbonyl (C=O) groups is 2. The van der Waals surface area contributed by atoms with Crippen molar-refractivity contribution >= 4 is 29.2 Å². The van der Waals surface area contributed by atoms with E-state index in [0.717, 1.165) is 42.0 Å². The zero-order valence-electron chi connectivity index (χ0n) is 22.7. The highest BCUT2D eigenvalue weighted by atomic mass is 32.1. The van der Waals surface area contributed by atoms with Gasteiger partial charge in [0.2, 0.25) is 0 Å². The molecule has 3 heterocycles. The Morgan fingerprint density at radius 3 is 2.56 bits per heavy atom. The molecule has 2 aliphatic rings. The van der Waals surface area contributed by atoms with Gasteiger partial charge in [-0.05, 0) is 50.7 Å². The molecule has 0 unspecified atom stereocenters. The summed E-state index contributed by atoms with van der Waals surface area (Å²) in [7, 11) is 0. The van der Waals surface area contributed by atoms with E-state index in [0.29, 0.717) is 6.42 Å². The van der Waals surface area contributed by atoms with E-state index in [9.17, 15) is 19.8 Å². The first kappa shape index (κ1) is 29.0. The van der Waals surface area contributed by atoms with Gasteiger partial charge in [0.25, 0.3) is 0 Å². The molecule has 2 fully saturated rings. The molecule has 1 aromatic heterocycles. The molecule has 36 heavy (non-hydrogen) atoms. The highest BCUT2D eigenvalue weighted by Gasteiger charge is 2.56. The largest absolute Gasteiger partial charge is 0.458 e. The lowest BCUT2D eigenvalue weighted by Gasteiger charge is -2.34. The second-order valence-electron chi connectivity index (χ2n) is 11.4. The lowest BCUT2D eigenvalue weighted by atomic mass is 9.73. The van der Waals surface area contributed by atoms with Crippen LogP contribution in [0.3, 0.4) is 0 Å². The fourth-order valence-electron chi connectivity index (χ4n) is 5.40. The minimum Gasteiger partial charge on any atom is -0.458 e. The SMILES string of the molecule is CC[C@@]12C[C@@H](C(C)=Cc3csc(C)n3)OC(=O)C[C@H](O)C(C)(C)C(=O)[C@H](C)[C@@H](O)[C@@H](C)CCC[C@@H]1O2. The topological polar surface area (TPSA) is 109 Å². The smallest absolute Gasteiger partial charge is 0.309 e. The van der Waals surface area contributed by atoms with Gasteiger partial charge in [0.05, 0.1) is 46.5 Å². The summed E-state index contributed by atoms with van der Waals surface area (Å²) in [5.74, 6) is -1.53. The van der Waals surface area contributed by atoms with Crippen LogP contribution in [0.4, 0.5) is 0 Å². The predicted molar refractivity (Wildman–Crippen MR) is 140 cm³/mol. The summed E-state index contributed by atoms with van der Waals surface area (Å²) >= 11 is 1.56. The molecule has 2 saturated heterocycles. The van der Waals surface area contributed by atoms with Gasteiger partial charge in [0.1, 0.15) is 11.9 Å². The number of hydrogen-bond acceptors (Lipinski definition) is 8. The molecule has 0 bridgehead atoms. The number of epoxide rings is 1. The molecule has 2 aliphatic heterocycles. The van der Waals surface area contributed by atoms with Crippen molar-refractivity contribution in [3.8, 4) is 0 Å². The number of hydrogen-bond donors (Lipinski definition) is 2. The van der Waals surface area contributed by atoms with Crippen molar-refractivity contribution in [3.05, 3.63) is 21.7 Å². The second-order valence-corrected chi connectivity index (χ2v) is 12.4. The monoisotopic (exact) mass is 521 g/mol. The molecule has 0 radical (unpaired) electrons. The first-order valence-corrected chi connectivity index (χ1v) is 14.1. The van der Waals surface area contributed by atoms with Gasteiger partial charge >= 0.3 is 5.97 Å². The second kappa shape index (κ2) is 11.4. The third kappa shape index (κ3) is 6.44. The number of aromatic nitrogens is 1. The van der Waals surface area contributed by atoms with Gasteiger partial charge in [-0.2, -0.15) is 0 Å². The Kier molecular flexibility index (Phi) is 9.18. The predicted octanol–water partition coefficient (Wildman–Crippen LogP) is 4.87. The van der Waals surface area contributed by atoms with Gasteiger partial charge < -0.3 is 19.7 Å². The number of aliphatic hydroxyl groups is 2. The van der Waals surface area contributed by atoms with Gasteiger partial charge in [-0.1, -0.05) is 41.0 Å². The fraction of sp³-hybridized carbons (Fsp3) is 0.750. The number of thiazole rings is 1. The molecule has 7 atom stereocenters. The van der Waals surface area contributed by atoms with E-state index in [1.165, 1.54) is 0 Å². The Morgan fingerprint density at radius 1 is 1.25 bits per heavy atom. The van der Waals surface area contributed by atoms with E-state index in [2.05, 4.69) is 11.9 Å². The quantitative estimate of drug-likeness (QED) is 0.431. The molecule has 1 aromatic rings.